The third-order valence-electron chi connectivity index (χ3n) is 8.88. The Labute approximate surface area is 149 Å². The van der Waals surface area contributed by atoms with E-state index >= 15 is 0 Å². The first kappa shape index (κ1) is 17.4. The molecular weight excluding hydrogens is 316 g/mol. The molecule has 0 heterocycles. The van der Waals surface area contributed by atoms with Crippen LogP contribution in [0.1, 0.15) is 72.1 Å². The van der Waals surface area contributed by atoms with E-state index in [2.05, 4.69) is 13.8 Å². The van der Waals surface area contributed by atoms with Gasteiger partial charge in [0.2, 0.25) is 0 Å². The van der Waals surface area contributed by atoms with Crippen molar-refractivity contribution in [2.24, 2.45) is 22.7 Å². The van der Waals surface area contributed by atoms with Gasteiger partial charge < -0.3 is 10.2 Å². The molecule has 0 unspecified atom stereocenters. The summed E-state index contributed by atoms with van der Waals surface area (Å²) >= 11 is 0. The molecule has 0 saturated heterocycles. The fourth-order valence-corrected chi connectivity index (χ4v) is 7.10. The van der Waals surface area contributed by atoms with Crippen molar-refractivity contribution in [1.29, 1.82) is 0 Å². The van der Waals surface area contributed by atoms with Crippen LogP contribution in [0.25, 0.3) is 0 Å². The van der Waals surface area contributed by atoms with Gasteiger partial charge in [0.15, 0.2) is 11.6 Å². The number of ketones is 2. The van der Waals surface area contributed by atoms with E-state index in [9.17, 15) is 19.8 Å². The largest absolute Gasteiger partial charge is 0.389 e. The van der Waals surface area contributed by atoms with Crippen molar-refractivity contribution in [3.8, 4) is 0 Å². The van der Waals surface area contributed by atoms with Gasteiger partial charge in [-0.1, -0.05) is 19.4 Å². The van der Waals surface area contributed by atoms with Gasteiger partial charge in [0.05, 0.1) is 5.60 Å². The number of Topliss-reactive ketones (excluding diaryl/α,β-unsaturated/α-hetero) is 1. The van der Waals surface area contributed by atoms with Crippen molar-refractivity contribution in [2.75, 3.05) is 0 Å². The van der Waals surface area contributed by atoms with Gasteiger partial charge in [-0.25, -0.2) is 0 Å². The Morgan fingerprint density at radius 1 is 1.04 bits per heavy atom. The minimum atomic E-state index is -1.25. The number of carbonyl (C=O) groups is 2. The third kappa shape index (κ3) is 1.90. The molecule has 0 radical (unpaired) electrons. The van der Waals surface area contributed by atoms with Gasteiger partial charge in [-0.3, -0.25) is 9.59 Å². The maximum atomic E-state index is 12.2. The first-order chi connectivity index (χ1) is 11.6. The summed E-state index contributed by atoms with van der Waals surface area (Å²) in [5.41, 5.74) is -1.76. The predicted molar refractivity (Wildman–Crippen MR) is 93.8 cm³/mol. The zero-order valence-corrected chi connectivity index (χ0v) is 15.6. The van der Waals surface area contributed by atoms with Crippen LogP contribution in [-0.2, 0) is 9.59 Å². The Hall–Kier alpha value is -1.00. The van der Waals surface area contributed by atoms with Crippen LogP contribution < -0.4 is 0 Å². The standard InChI is InChI=1S/C21H30O4/c1-13(22)20(24)9-7-16-17-5-4-14-12-15(23)6-8-18(14,2)21(17,25)11-10-19(16,20)3/h12,16-17,24-25H,4-11H2,1-3H3/t16-,17-,18-,19-,20+,21+/m0/s1. The smallest absolute Gasteiger partial charge is 0.161 e. The first-order valence-corrected chi connectivity index (χ1v) is 9.78. The van der Waals surface area contributed by atoms with Gasteiger partial charge in [-0.2, -0.15) is 0 Å². The molecule has 0 aromatic heterocycles. The molecule has 25 heavy (non-hydrogen) atoms. The fourth-order valence-electron chi connectivity index (χ4n) is 7.10. The normalized spacial score (nSPS) is 52.0. The molecule has 4 heteroatoms. The minimum Gasteiger partial charge on any atom is -0.389 e. The monoisotopic (exact) mass is 346 g/mol. The van der Waals surface area contributed by atoms with Crippen molar-refractivity contribution in [2.45, 2.75) is 83.3 Å². The van der Waals surface area contributed by atoms with Crippen LogP contribution in [0, 0.1) is 22.7 Å². The van der Waals surface area contributed by atoms with Crippen molar-refractivity contribution in [1.82, 2.24) is 0 Å². The van der Waals surface area contributed by atoms with Gasteiger partial charge in [-0.05, 0) is 69.8 Å². The summed E-state index contributed by atoms with van der Waals surface area (Å²) in [5, 5.41) is 23.0. The number of rotatable bonds is 1. The highest BCUT2D eigenvalue weighted by Gasteiger charge is 2.69. The Morgan fingerprint density at radius 3 is 2.44 bits per heavy atom. The van der Waals surface area contributed by atoms with Gasteiger partial charge in [0, 0.05) is 17.3 Å². The maximum Gasteiger partial charge on any atom is 0.161 e. The quantitative estimate of drug-likeness (QED) is 0.765. The average molecular weight is 346 g/mol. The van der Waals surface area contributed by atoms with E-state index in [1.54, 1.807) is 6.08 Å². The third-order valence-corrected chi connectivity index (χ3v) is 8.88. The predicted octanol–water partition coefficient (Wildman–Crippen LogP) is 2.95. The molecule has 138 valence electrons. The van der Waals surface area contributed by atoms with E-state index in [-0.39, 0.29) is 28.8 Å². The molecular formula is C21H30O4. The molecule has 3 saturated carbocycles. The van der Waals surface area contributed by atoms with Crippen molar-refractivity contribution >= 4 is 11.6 Å². The summed E-state index contributed by atoms with van der Waals surface area (Å²) in [6, 6.07) is 0. The zero-order valence-electron chi connectivity index (χ0n) is 15.6. The SMILES string of the molecule is CC(=O)[C@]1(O)CC[C@H]2[C@@H]3CCC4=CC(=O)CC[C@]4(C)[C@@]3(O)CC[C@@]21C. The lowest BCUT2D eigenvalue weighted by atomic mass is 9.44. The van der Waals surface area contributed by atoms with Gasteiger partial charge >= 0.3 is 0 Å². The van der Waals surface area contributed by atoms with Crippen molar-refractivity contribution in [3.05, 3.63) is 11.6 Å². The summed E-state index contributed by atoms with van der Waals surface area (Å²) < 4.78 is 0. The number of carbonyl (C=O) groups excluding carboxylic acids is 2. The lowest BCUT2D eigenvalue weighted by Gasteiger charge is -2.63. The summed E-state index contributed by atoms with van der Waals surface area (Å²) in [6.45, 7) is 5.69. The molecule has 0 aromatic rings. The zero-order chi connectivity index (χ0) is 18.3. The highest BCUT2D eigenvalue weighted by molar-refractivity contribution is 5.91. The summed E-state index contributed by atoms with van der Waals surface area (Å²) in [5.74, 6) is 0.307. The van der Waals surface area contributed by atoms with Crippen LogP contribution in [0.3, 0.4) is 0 Å². The first-order valence-electron chi connectivity index (χ1n) is 9.78. The van der Waals surface area contributed by atoms with E-state index in [0.717, 1.165) is 24.8 Å². The van der Waals surface area contributed by atoms with Gasteiger partial charge in [0.1, 0.15) is 5.60 Å². The van der Waals surface area contributed by atoms with E-state index in [1.807, 2.05) is 0 Å². The van der Waals surface area contributed by atoms with E-state index in [1.165, 1.54) is 6.92 Å². The van der Waals surface area contributed by atoms with Gasteiger partial charge in [0.25, 0.3) is 0 Å². The molecule has 0 bridgehead atoms. The molecule has 6 atom stereocenters. The highest BCUT2D eigenvalue weighted by Crippen LogP contribution is 2.69. The molecule has 0 aliphatic heterocycles. The summed E-state index contributed by atoms with van der Waals surface area (Å²) in [4.78, 5) is 24.1. The molecule has 0 aromatic carbocycles. The second-order valence-electron chi connectivity index (χ2n) is 9.52. The fraction of sp³-hybridized carbons (Fsp3) is 0.810. The average Bonchev–Trinajstić information content (AvgIpc) is 2.83. The molecule has 0 spiro atoms. The number of aliphatic hydroxyl groups is 2. The van der Waals surface area contributed by atoms with Crippen molar-refractivity contribution in [3.63, 3.8) is 0 Å². The second-order valence-corrected chi connectivity index (χ2v) is 9.52. The summed E-state index contributed by atoms with van der Waals surface area (Å²) in [6.07, 6.45) is 7.27. The number of hydrogen-bond donors (Lipinski definition) is 2. The Morgan fingerprint density at radius 2 is 1.76 bits per heavy atom. The molecule has 4 aliphatic carbocycles. The lowest BCUT2D eigenvalue weighted by molar-refractivity contribution is -0.209. The molecule has 0 amide bonds. The maximum absolute atomic E-state index is 12.2. The Kier molecular flexibility index (Phi) is 3.51. The molecule has 2 N–H and O–H groups in total. The molecule has 4 aliphatic rings. The molecule has 4 nitrogen and oxygen atoms in total. The molecule has 4 rings (SSSR count). The summed E-state index contributed by atoms with van der Waals surface area (Å²) in [7, 11) is 0. The van der Waals surface area contributed by atoms with E-state index < -0.39 is 16.6 Å². The van der Waals surface area contributed by atoms with Crippen LogP contribution in [0.4, 0.5) is 0 Å². The Bertz CT molecular complexity index is 681. The van der Waals surface area contributed by atoms with Crippen LogP contribution in [0.2, 0.25) is 0 Å². The number of hydrogen-bond acceptors (Lipinski definition) is 4. The highest BCUT2D eigenvalue weighted by atomic mass is 16.3. The Balaban J connectivity index is 1.76. The van der Waals surface area contributed by atoms with E-state index in [4.69, 9.17) is 0 Å². The minimum absolute atomic E-state index is 0.0926. The number of fused-ring (bicyclic) bond motifs is 5. The van der Waals surface area contributed by atoms with Crippen LogP contribution in [0.15, 0.2) is 11.6 Å². The topological polar surface area (TPSA) is 74.6 Å². The van der Waals surface area contributed by atoms with Gasteiger partial charge in [-0.15, -0.1) is 0 Å². The van der Waals surface area contributed by atoms with Crippen LogP contribution >= 0.6 is 0 Å². The van der Waals surface area contributed by atoms with E-state index in [0.29, 0.717) is 32.1 Å². The lowest BCUT2D eigenvalue weighted by Crippen LogP contribution is -2.65. The molecule has 3 fully saturated rings. The van der Waals surface area contributed by atoms with Crippen molar-refractivity contribution < 1.29 is 19.8 Å². The van der Waals surface area contributed by atoms with Crippen LogP contribution in [-0.4, -0.2) is 33.0 Å². The second kappa shape index (κ2) is 5.04. The van der Waals surface area contributed by atoms with Crippen LogP contribution in [0.5, 0.6) is 0 Å².